The second kappa shape index (κ2) is 11.8. The summed E-state index contributed by atoms with van der Waals surface area (Å²) in [4.78, 5) is 7.82. The van der Waals surface area contributed by atoms with Gasteiger partial charge in [0.05, 0.1) is 40.7 Å². The molecule has 0 N–H and O–H groups in total. The Kier molecular flexibility index (Phi) is 6.61. The second-order valence-corrected chi connectivity index (χ2v) is 13.9. The predicted molar refractivity (Wildman–Crippen MR) is 227 cm³/mol. The number of hydrogen-bond acceptors (Lipinski definition) is 0. The fraction of sp³-hybridized carbons (Fsp3) is 0. The predicted octanol–water partition coefficient (Wildman–Crippen LogP) is 13.7. The molecule has 3 aromatic heterocycles. The number of nitrogens with zero attached hydrogens (tertiary/aromatic N) is 5. The summed E-state index contributed by atoms with van der Waals surface area (Å²) in [5.41, 5.74) is 12.8. The van der Waals surface area contributed by atoms with Crippen LogP contribution in [-0.2, 0) is 0 Å². The molecule has 254 valence electrons. The molecule has 3 heterocycles. The van der Waals surface area contributed by atoms with Gasteiger partial charge in [0.1, 0.15) is 0 Å². The van der Waals surface area contributed by atoms with Gasteiger partial charge >= 0.3 is 0 Å². The van der Waals surface area contributed by atoms with Crippen LogP contribution in [0, 0.1) is 13.1 Å². The Labute approximate surface area is 316 Å². The van der Waals surface area contributed by atoms with Gasteiger partial charge in [0, 0.05) is 49.5 Å². The van der Waals surface area contributed by atoms with Crippen LogP contribution in [-0.4, -0.2) is 13.7 Å². The second-order valence-electron chi connectivity index (χ2n) is 13.9. The highest BCUT2D eigenvalue weighted by atomic mass is 15.0. The molecule has 11 rings (SSSR count). The van der Waals surface area contributed by atoms with Gasteiger partial charge in [0.2, 0.25) is 0 Å². The summed E-state index contributed by atoms with van der Waals surface area (Å²) < 4.78 is 6.92. The molecule has 0 spiro atoms. The minimum absolute atomic E-state index is 0.599. The van der Waals surface area contributed by atoms with E-state index in [0.29, 0.717) is 11.4 Å². The lowest BCUT2D eigenvalue weighted by Gasteiger charge is -2.14. The van der Waals surface area contributed by atoms with Crippen LogP contribution in [0.25, 0.3) is 103 Å². The molecule has 55 heavy (non-hydrogen) atoms. The summed E-state index contributed by atoms with van der Waals surface area (Å²) in [7, 11) is 0. The van der Waals surface area contributed by atoms with E-state index in [1.54, 1.807) is 0 Å². The molecule has 0 fully saturated rings. The molecule has 0 atom stereocenters. The average Bonchev–Trinajstić information content (AvgIpc) is 3.89. The van der Waals surface area contributed by atoms with Crippen molar-refractivity contribution in [2.24, 2.45) is 0 Å². The molecule has 0 aliphatic heterocycles. The first-order valence-corrected chi connectivity index (χ1v) is 18.3. The molecule has 0 amide bonds. The van der Waals surface area contributed by atoms with E-state index in [4.69, 9.17) is 13.1 Å². The zero-order valence-electron chi connectivity index (χ0n) is 29.5. The summed E-state index contributed by atoms with van der Waals surface area (Å²) >= 11 is 0. The molecule has 0 saturated heterocycles. The Morgan fingerprint density at radius 2 is 0.782 bits per heavy atom. The maximum absolute atomic E-state index is 8.14. The normalized spacial score (nSPS) is 11.6. The van der Waals surface area contributed by atoms with Crippen LogP contribution < -0.4 is 0 Å². The summed E-state index contributed by atoms with van der Waals surface area (Å²) in [6, 6.07) is 61.3. The highest BCUT2D eigenvalue weighted by molar-refractivity contribution is 6.15. The maximum atomic E-state index is 8.14. The number of para-hydroxylation sites is 4. The summed E-state index contributed by atoms with van der Waals surface area (Å²) in [6.45, 7) is 16.0. The van der Waals surface area contributed by atoms with Gasteiger partial charge < -0.3 is 13.7 Å². The summed E-state index contributed by atoms with van der Waals surface area (Å²) in [6.07, 6.45) is 0. The molecule has 8 aromatic carbocycles. The van der Waals surface area contributed by atoms with Gasteiger partial charge in [-0.2, -0.15) is 0 Å². The van der Waals surface area contributed by atoms with Gasteiger partial charge in [-0.25, -0.2) is 9.69 Å². The van der Waals surface area contributed by atoms with E-state index in [-0.39, 0.29) is 0 Å². The molecule has 0 unspecified atom stereocenters. The minimum atomic E-state index is 0.599. The third kappa shape index (κ3) is 4.45. The van der Waals surface area contributed by atoms with Gasteiger partial charge in [-0.05, 0) is 83.2 Å². The van der Waals surface area contributed by atoms with Crippen LogP contribution in [0.2, 0.25) is 0 Å². The lowest BCUT2D eigenvalue weighted by atomic mass is 10.0. The summed E-state index contributed by atoms with van der Waals surface area (Å²) in [5, 5.41) is 6.84. The fourth-order valence-electron chi connectivity index (χ4n) is 8.73. The van der Waals surface area contributed by atoms with Crippen molar-refractivity contribution >= 4 is 76.8 Å². The first kappa shape index (κ1) is 30.7. The third-order valence-corrected chi connectivity index (χ3v) is 11.1. The van der Waals surface area contributed by atoms with Crippen LogP contribution in [0.5, 0.6) is 0 Å². The van der Waals surface area contributed by atoms with Crippen molar-refractivity contribution in [1.29, 1.82) is 0 Å². The zero-order valence-corrected chi connectivity index (χ0v) is 29.5. The fourth-order valence-corrected chi connectivity index (χ4v) is 8.73. The Balaban J connectivity index is 1.09. The quantitative estimate of drug-likeness (QED) is 0.163. The van der Waals surface area contributed by atoms with Gasteiger partial charge in [-0.3, -0.25) is 0 Å². The molecule has 0 aliphatic carbocycles. The van der Waals surface area contributed by atoms with Crippen molar-refractivity contribution in [3.63, 3.8) is 0 Å². The van der Waals surface area contributed by atoms with Crippen LogP contribution in [0.15, 0.2) is 176 Å². The van der Waals surface area contributed by atoms with Gasteiger partial charge in [0.15, 0.2) is 11.4 Å². The Morgan fingerprint density at radius 3 is 1.40 bits per heavy atom. The van der Waals surface area contributed by atoms with Gasteiger partial charge in [-0.15, -0.1) is 0 Å². The number of benzene rings is 8. The van der Waals surface area contributed by atoms with E-state index < -0.39 is 0 Å². The van der Waals surface area contributed by atoms with E-state index in [1.807, 2.05) is 30.3 Å². The van der Waals surface area contributed by atoms with Crippen molar-refractivity contribution in [1.82, 2.24) is 13.7 Å². The SMILES string of the molecule is [C-]#[N+]c1ccc(-n2c3ccccc3c3ccc(-n4c5ccccc5c5ccccc54)cc32)cc1-c1ccc(-n2c3ccccc3c3c([N+]#[C-])cccc32)cc1. The van der Waals surface area contributed by atoms with Crippen molar-refractivity contribution in [2.75, 3.05) is 0 Å². The first-order chi connectivity index (χ1) is 27.2. The molecule has 0 aliphatic rings. The molecular weight excluding hydrogens is 671 g/mol. The first-order valence-electron chi connectivity index (χ1n) is 18.3. The van der Waals surface area contributed by atoms with Crippen molar-refractivity contribution in [3.8, 4) is 28.2 Å². The third-order valence-electron chi connectivity index (χ3n) is 11.1. The molecule has 0 radical (unpaired) electrons. The molecule has 11 aromatic rings. The lowest BCUT2D eigenvalue weighted by Crippen LogP contribution is -1.97. The average molecular weight is 700 g/mol. The number of rotatable bonds is 4. The van der Waals surface area contributed by atoms with E-state index in [1.165, 1.54) is 32.6 Å². The Morgan fingerprint density at radius 1 is 0.327 bits per heavy atom. The maximum Gasteiger partial charge on any atom is 0.197 e. The highest BCUT2D eigenvalue weighted by Crippen LogP contribution is 2.41. The minimum Gasteiger partial charge on any atom is -0.311 e. The molecule has 5 heteroatoms. The largest absolute Gasteiger partial charge is 0.311 e. The standard InChI is InChI=1S/C50H29N5/c1-51-42-29-27-34(30-41(42)32-22-24-33(25-23-32)53-47-20-10-6-15-40(47)50-43(52-2)16-11-21-48(50)53)55-46-19-9-5-14-38(46)39-28-26-35(31-49(39)55)54-44-17-7-3-12-36(44)37-13-4-8-18-45(37)54/h3-31H. The molecular formula is C50H29N5. The topological polar surface area (TPSA) is 23.5 Å². The van der Waals surface area contributed by atoms with Crippen LogP contribution in [0.3, 0.4) is 0 Å². The Hall–Kier alpha value is -7.86. The zero-order chi connectivity index (χ0) is 36.6. The molecule has 5 nitrogen and oxygen atoms in total. The van der Waals surface area contributed by atoms with Crippen LogP contribution >= 0.6 is 0 Å². The number of hydrogen-bond donors (Lipinski definition) is 0. The van der Waals surface area contributed by atoms with Gasteiger partial charge in [-0.1, -0.05) is 109 Å². The number of fused-ring (bicyclic) bond motifs is 9. The van der Waals surface area contributed by atoms with Crippen molar-refractivity contribution < 1.29 is 0 Å². The molecule has 0 bridgehead atoms. The van der Waals surface area contributed by atoms with Crippen molar-refractivity contribution in [2.45, 2.75) is 0 Å². The molecule has 0 saturated carbocycles. The highest BCUT2D eigenvalue weighted by Gasteiger charge is 2.19. The van der Waals surface area contributed by atoms with Crippen LogP contribution in [0.4, 0.5) is 11.4 Å². The van der Waals surface area contributed by atoms with E-state index >= 15 is 0 Å². The lowest BCUT2D eigenvalue weighted by molar-refractivity contribution is 1.15. The van der Waals surface area contributed by atoms with Crippen molar-refractivity contribution in [3.05, 3.63) is 199 Å². The summed E-state index contributed by atoms with van der Waals surface area (Å²) in [5.74, 6) is 0. The van der Waals surface area contributed by atoms with E-state index in [9.17, 15) is 0 Å². The monoisotopic (exact) mass is 699 g/mol. The van der Waals surface area contributed by atoms with E-state index in [0.717, 1.165) is 61.0 Å². The van der Waals surface area contributed by atoms with Gasteiger partial charge in [0.25, 0.3) is 0 Å². The number of aromatic nitrogens is 3. The van der Waals surface area contributed by atoms with Crippen LogP contribution in [0.1, 0.15) is 0 Å². The Bertz CT molecular complexity index is 3400. The smallest absolute Gasteiger partial charge is 0.197 e. The van der Waals surface area contributed by atoms with E-state index in [2.05, 4.69) is 169 Å².